The Kier molecular flexibility index (Phi) is 3.23. The van der Waals surface area contributed by atoms with Crippen molar-refractivity contribution >= 4 is 6.29 Å². The van der Waals surface area contributed by atoms with Crippen molar-refractivity contribution in [3.05, 3.63) is 46.5 Å². The highest BCUT2D eigenvalue weighted by Gasteiger charge is 2.07. The molecule has 0 spiro atoms. The van der Waals surface area contributed by atoms with Crippen LogP contribution in [0, 0.1) is 0 Å². The third-order valence-corrected chi connectivity index (χ3v) is 2.81. The van der Waals surface area contributed by atoms with Crippen LogP contribution in [0.3, 0.4) is 0 Å². The van der Waals surface area contributed by atoms with Crippen molar-refractivity contribution in [2.24, 2.45) is 0 Å². The molecule has 2 rings (SSSR count). The molecule has 0 aliphatic carbocycles. The van der Waals surface area contributed by atoms with Gasteiger partial charge >= 0.3 is 5.69 Å². The van der Waals surface area contributed by atoms with Gasteiger partial charge in [0.1, 0.15) is 6.29 Å². The summed E-state index contributed by atoms with van der Waals surface area (Å²) in [5, 5.41) is 0. The number of imidazole rings is 1. The summed E-state index contributed by atoms with van der Waals surface area (Å²) in [5.41, 5.74) is 2.58. The van der Waals surface area contributed by atoms with Crippen LogP contribution in [0.15, 0.2) is 35.3 Å². The first-order chi connectivity index (χ1) is 8.20. The fourth-order valence-electron chi connectivity index (χ4n) is 1.78. The second-order valence-electron chi connectivity index (χ2n) is 4.09. The molecular weight excluding hydrogens is 216 g/mol. The van der Waals surface area contributed by atoms with E-state index in [9.17, 15) is 9.59 Å². The lowest BCUT2D eigenvalue weighted by Crippen LogP contribution is -2.00. The molecule has 2 aromatic rings. The van der Waals surface area contributed by atoms with Crippen molar-refractivity contribution < 1.29 is 4.79 Å². The Morgan fingerprint density at radius 1 is 1.41 bits per heavy atom. The van der Waals surface area contributed by atoms with Gasteiger partial charge in [0.25, 0.3) is 0 Å². The summed E-state index contributed by atoms with van der Waals surface area (Å²) in [7, 11) is 0. The van der Waals surface area contributed by atoms with Gasteiger partial charge in [-0.1, -0.05) is 25.1 Å². The van der Waals surface area contributed by atoms with E-state index in [4.69, 9.17) is 0 Å². The summed E-state index contributed by atoms with van der Waals surface area (Å²) in [4.78, 5) is 26.8. The zero-order valence-corrected chi connectivity index (χ0v) is 9.57. The minimum atomic E-state index is -0.216. The molecule has 1 aromatic heterocycles. The van der Waals surface area contributed by atoms with Crippen LogP contribution in [0.2, 0.25) is 0 Å². The van der Waals surface area contributed by atoms with Crippen LogP contribution in [0.25, 0.3) is 11.3 Å². The van der Waals surface area contributed by atoms with Crippen LogP contribution < -0.4 is 5.69 Å². The number of hydrogen-bond donors (Lipinski definition) is 2. The number of carbonyl (C=O) groups is 1. The van der Waals surface area contributed by atoms with E-state index in [1.807, 2.05) is 31.2 Å². The molecule has 0 fully saturated rings. The van der Waals surface area contributed by atoms with Crippen molar-refractivity contribution in [3.63, 3.8) is 0 Å². The minimum absolute atomic E-state index is 0.193. The van der Waals surface area contributed by atoms with Gasteiger partial charge in [0, 0.05) is 12.6 Å². The van der Waals surface area contributed by atoms with Gasteiger partial charge in [-0.25, -0.2) is 4.79 Å². The van der Waals surface area contributed by atoms with Crippen molar-refractivity contribution in [2.45, 2.75) is 19.3 Å². The Bertz CT molecular complexity index is 569. The molecule has 1 aromatic carbocycles. The number of benzene rings is 1. The average Bonchev–Trinajstić information content (AvgIpc) is 2.76. The summed E-state index contributed by atoms with van der Waals surface area (Å²) >= 11 is 0. The van der Waals surface area contributed by atoms with Gasteiger partial charge in [-0.05, 0) is 23.1 Å². The van der Waals surface area contributed by atoms with Crippen molar-refractivity contribution in [1.82, 2.24) is 9.97 Å². The Morgan fingerprint density at radius 2 is 2.24 bits per heavy atom. The molecule has 1 heterocycles. The van der Waals surface area contributed by atoms with E-state index in [-0.39, 0.29) is 11.6 Å². The van der Waals surface area contributed by atoms with E-state index in [2.05, 4.69) is 9.97 Å². The molecule has 4 heteroatoms. The smallest absolute Gasteiger partial charge is 0.312 e. The number of aromatic amines is 2. The maximum Gasteiger partial charge on any atom is 0.323 e. The molecule has 88 valence electrons. The average molecular weight is 230 g/mol. The molecule has 17 heavy (non-hydrogen) atoms. The zero-order chi connectivity index (χ0) is 12.3. The molecule has 0 bridgehead atoms. The lowest BCUT2D eigenvalue weighted by molar-refractivity contribution is -0.108. The monoisotopic (exact) mass is 230 g/mol. The summed E-state index contributed by atoms with van der Waals surface area (Å²) in [5.74, 6) is 0.193. The first-order valence-electron chi connectivity index (χ1n) is 5.52. The number of nitrogens with one attached hydrogen (secondary N) is 2. The van der Waals surface area contributed by atoms with Crippen LogP contribution in [0.1, 0.15) is 24.8 Å². The van der Waals surface area contributed by atoms with Gasteiger partial charge in [0.2, 0.25) is 0 Å². The maximum atomic E-state index is 11.0. The predicted octanol–water partition coefficient (Wildman–Crippen LogP) is 2.06. The van der Waals surface area contributed by atoms with E-state index in [1.54, 1.807) is 6.20 Å². The fourth-order valence-corrected chi connectivity index (χ4v) is 1.78. The van der Waals surface area contributed by atoms with E-state index in [0.29, 0.717) is 6.42 Å². The van der Waals surface area contributed by atoms with Crippen LogP contribution in [0.5, 0.6) is 0 Å². The second-order valence-corrected chi connectivity index (χ2v) is 4.09. The summed E-state index contributed by atoms with van der Waals surface area (Å²) in [6, 6.07) is 7.84. The standard InChI is InChI=1S/C13H14N2O2/c1-9(5-6-16)10-3-2-4-11(7-10)12-8-14-13(17)15-12/h2-4,6-9H,5H2,1H3,(H2,14,15,17). The summed E-state index contributed by atoms with van der Waals surface area (Å²) < 4.78 is 0. The van der Waals surface area contributed by atoms with Crippen LogP contribution in [0.4, 0.5) is 0 Å². The Hall–Kier alpha value is -2.10. The fraction of sp³-hybridized carbons (Fsp3) is 0.231. The number of H-pyrrole nitrogens is 2. The Labute approximate surface area is 98.7 Å². The molecule has 0 saturated heterocycles. The first kappa shape index (κ1) is 11.4. The molecule has 0 aliphatic rings. The van der Waals surface area contributed by atoms with Gasteiger partial charge in [-0.15, -0.1) is 0 Å². The molecule has 1 atom stereocenters. The van der Waals surface area contributed by atoms with Gasteiger partial charge in [-0.3, -0.25) is 0 Å². The molecular formula is C13H14N2O2. The van der Waals surface area contributed by atoms with E-state index < -0.39 is 0 Å². The molecule has 4 nitrogen and oxygen atoms in total. The van der Waals surface area contributed by atoms with Crippen molar-refractivity contribution in [2.75, 3.05) is 0 Å². The SMILES string of the molecule is CC(CC=O)c1cccc(-c2c[nH]c(=O)[nH]2)c1. The van der Waals surface area contributed by atoms with E-state index in [1.165, 1.54) is 0 Å². The topological polar surface area (TPSA) is 65.7 Å². The van der Waals surface area contributed by atoms with E-state index >= 15 is 0 Å². The van der Waals surface area contributed by atoms with E-state index in [0.717, 1.165) is 23.1 Å². The molecule has 0 amide bonds. The molecule has 2 N–H and O–H groups in total. The quantitative estimate of drug-likeness (QED) is 0.789. The number of aromatic nitrogens is 2. The minimum Gasteiger partial charge on any atom is -0.312 e. The van der Waals surface area contributed by atoms with Gasteiger partial charge in [0.05, 0.1) is 5.69 Å². The number of carbonyl (C=O) groups excluding carboxylic acids is 1. The predicted molar refractivity (Wildman–Crippen MR) is 65.9 cm³/mol. The number of rotatable bonds is 4. The first-order valence-corrected chi connectivity index (χ1v) is 5.52. The lowest BCUT2D eigenvalue weighted by Gasteiger charge is -2.09. The number of aldehydes is 1. The van der Waals surface area contributed by atoms with Crippen molar-refractivity contribution in [1.29, 1.82) is 0 Å². The lowest BCUT2D eigenvalue weighted by atomic mass is 9.96. The highest BCUT2D eigenvalue weighted by atomic mass is 16.1. The summed E-state index contributed by atoms with van der Waals surface area (Å²) in [6.07, 6.45) is 3.08. The molecule has 0 radical (unpaired) electrons. The van der Waals surface area contributed by atoms with Gasteiger partial charge in [-0.2, -0.15) is 0 Å². The van der Waals surface area contributed by atoms with Crippen LogP contribution >= 0.6 is 0 Å². The molecule has 0 aliphatic heterocycles. The van der Waals surface area contributed by atoms with Crippen molar-refractivity contribution in [3.8, 4) is 11.3 Å². The Balaban J connectivity index is 2.34. The summed E-state index contributed by atoms with van der Waals surface area (Å²) in [6.45, 7) is 2.01. The molecule has 1 unspecified atom stereocenters. The normalized spacial score (nSPS) is 12.3. The van der Waals surface area contributed by atoms with Gasteiger partial charge in [0.15, 0.2) is 0 Å². The second kappa shape index (κ2) is 4.82. The Morgan fingerprint density at radius 3 is 2.88 bits per heavy atom. The zero-order valence-electron chi connectivity index (χ0n) is 9.57. The third kappa shape index (κ3) is 2.53. The highest BCUT2D eigenvalue weighted by Crippen LogP contribution is 2.23. The van der Waals surface area contributed by atoms with Gasteiger partial charge < -0.3 is 14.8 Å². The number of hydrogen-bond acceptors (Lipinski definition) is 2. The maximum absolute atomic E-state index is 11.0. The molecule has 0 saturated carbocycles. The highest BCUT2D eigenvalue weighted by molar-refractivity contribution is 5.60. The third-order valence-electron chi connectivity index (χ3n) is 2.81. The van der Waals surface area contributed by atoms with Crippen LogP contribution in [-0.2, 0) is 4.79 Å². The van der Waals surface area contributed by atoms with Crippen LogP contribution in [-0.4, -0.2) is 16.3 Å². The largest absolute Gasteiger partial charge is 0.323 e.